The van der Waals surface area contributed by atoms with E-state index in [4.69, 9.17) is 17.0 Å². The number of H-pyrrole nitrogens is 1. The second-order valence-corrected chi connectivity index (χ2v) is 6.90. The van der Waals surface area contributed by atoms with Crippen LogP contribution in [0.2, 0.25) is 0 Å². The molecule has 0 unspecified atom stereocenters. The lowest BCUT2D eigenvalue weighted by molar-refractivity contribution is 0.242. The van der Waals surface area contributed by atoms with Crippen molar-refractivity contribution in [2.45, 2.75) is 58.0 Å². The van der Waals surface area contributed by atoms with Crippen LogP contribution in [-0.2, 0) is 0 Å². The Morgan fingerprint density at radius 3 is 2.88 bits per heavy atom. The molecule has 1 heterocycles. The smallest absolute Gasteiger partial charge is 0.216 e. The number of aromatic nitrogens is 3. The Labute approximate surface area is 147 Å². The largest absolute Gasteiger partial charge is 0.491 e. The van der Waals surface area contributed by atoms with E-state index in [1.165, 1.54) is 19.3 Å². The molecule has 1 saturated carbocycles. The standard InChI is InChI=1S/C18H24N4OS/c1-13(2)23-16-10-6-7-14(11-16)12-19-22-17(20-21-18(22)24)15-8-4-3-5-9-15/h6-7,10-13,15H,3-5,8-9H2,1-2H3,(H,21,24)/b19-12-. The number of ether oxygens (including phenoxy) is 1. The highest BCUT2D eigenvalue weighted by Crippen LogP contribution is 2.31. The highest BCUT2D eigenvalue weighted by molar-refractivity contribution is 7.71. The Morgan fingerprint density at radius 2 is 2.12 bits per heavy atom. The third kappa shape index (κ3) is 4.12. The summed E-state index contributed by atoms with van der Waals surface area (Å²) in [6.07, 6.45) is 8.10. The molecule has 1 aromatic carbocycles. The monoisotopic (exact) mass is 344 g/mol. The van der Waals surface area contributed by atoms with Gasteiger partial charge in [0.15, 0.2) is 5.82 Å². The maximum atomic E-state index is 5.73. The molecule has 1 fully saturated rings. The normalized spacial score (nSPS) is 16.1. The van der Waals surface area contributed by atoms with Gasteiger partial charge in [-0.1, -0.05) is 31.4 Å². The molecule has 128 valence electrons. The van der Waals surface area contributed by atoms with Crippen molar-refractivity contribution in [1.82, 2.24) is 14.9 Å². The first kappa shape index (κ1) is 16.9. The molecule has 24 heavy (non-hydrogen) atoms. The van der Waals surface area contributed by atoms with Crippen LogP contribution in [0, 0.1) is 4.77 Å². The molecular weight excluding hydrogens is 320 g/mol. The average molecular weight is 344 g/mol. The summed E-state index contributed by atoms with van der Waals surface area (Å²) in [6, 6.07) is 7.90. The van der Waals surface area contributed by atoms with Crippen LogP contribution < -0.4 is 4.74 Å². The van der Waals surface area contributed by atoms with Crippen LogP contribution in [0.15, 0.2) is 29.4 Å². The van der Waals surface area contributed by atoms with Crippen molar-refractivity contribution < 1.29 is 4.74 Å². The summed E-state index contributed by atoms with van der Waals surface area (Å²) in [5.41, 5.74) is 0.978. The molecule has 5 nitrogen and oxygen atoms in total. The number of benzene rings is 1. The quantitative estimate of drug-likeness (QED) is 0.634. The van der Waals surface area contributed by atoms with Crippen LogP contribution in [0.1, 0.15) is 63.3 Å². The number of hydrogen-bond donors (Lipinski definition) is 1. The van der Waals surface area contributed by atoms with Gasteiger partial charge in [-0.2, -0.15) is 14.9 Å². The van der Waals surface area contributed by atoms with Gasteiger partial charge in [-0.15, -0.1) is 0 Å². The molecule has 1 aromatic heterocycles. The van der Waals surface area contributed by atoms with E-state index in [0.29, 0.717) is 10.7 Å². The molecule has 6 heteroatoms. The van der Waals surface area contributed by atoms with Crippen LogP contribution in [-0.4, -0.2) is 27.2 Å². The van der Waals surface area contributed by atoms with Crippen molar-refractivity contribution in [2.24, 2.45) is 5.10 Å². The molecule has 0 bridgehead atoms. The number of hydrogen-bond acceptors (Lipinski definition) is 4. The molecule has 0 atom stereocenters. The van der Waals surface area contributed by atoms with Crippen molar-refractivity contribution in [3.63, 3.8) is 0 Å². The summed E-state index contributed by atoms with van der Waals surface area (Å²) in [6.45, 7) is 4.03. The minimum Gasteiger partial charge on any atom is -0.491 e. The topological polar surface area (TPSA) is 55.2 Å². The maximum Gasteiger partial charge on any atom is 0.216 e. The first-order valence-electron chi connectivity index (χ1n) is 8.62. The first-order valence-corrected chi connectivity index (χ1v) is 9.02. The predicted molar refractivity (Wildman–Crippen MR) is 98.4 cm³/mol. The zero-order valence-corrected chi connectivity index (χ0v) is 15.1. The predicted octanol–water partition coefficient (Wildman–Crippen LogP) is 4.66. The third-order valence-electron chi connectivity index (χ3n) is 4.20. The SMILES string of the molecule is CC(C)Oc1cccc(/C=N\n2c(C3CCCCC3)n[nH]c2=S)c1. The van der Waals surface area contributed by atoms with Gasteiger partial charge in [0.1, 0.15) is 5.75 Å². The van der Waals surface area contributed by atoms with E-state index in [-0.39, 0.29) is 6.10 Å². The van der Waals surface area contributed by atoms with E-state index < -0.39 is 0 Å². The van der Waals surface area contributed by atoms with Crippen LogP contribution in [0.3, 0.4) is 0 Å². The lowest BCUT2D eigenvalue weighted by atomic mass is 9.89. The van der Waals surface area contributed by atoms with Crippen molar-refractivity contribution >= 4 is 18.4 Å². The van der Waals surface area contributed by atoms with Gasteiger partial charge in [0, 0.05) is 5.92 Å². The number of aromatic amines is 1. The minimum absolute atomic E-state index is 0.151. The summed E-state index contributed by atoms with van der Waals surface area (Å²) in [7, 11) is 0. The lowest BCUT2D eigenvalue weighted by Gasteiger charge is -2.19. The van der Waals surface area contributed by atoms with E-state index in [1.807, 2.05) is 44.3 Å². The van der Waals surface area contributed by atoms with Gasteiger partial charge >= 0.3 is 0 Å². The van der Waals surface area contributed by atoms with Crippen molar-refractivity contribution in [3.05, 3.63) is 40.4 Å². The maximum absolute atomic E-state index is 5.73. The van der Waals surface area contributed by atoms with Gasteiger partial charge in [0.2, 0.25) is 4.77 Å². The highest BCUT2D eigenvalue weighted by atomic mass is 32.1. The summed E-state index contributed by atoms with van der Waals surface area (Å²) < 4.78 is 8.04. The second kappa shape index (κ2) is 7.75. The summed E-state index contributed by atoms with van der Waals surface area (Å²) in [5, 5.41) is 11.9. The molecule has 0 saturated heterocycles. The van der Waals surface area contributed by atoms with Crippen molar-refractivity contribution in [2.75, 3.05) is 0 Å². The van der Waals surface area contributed by atoms with Gasteiger partial charge in [-0.3, -0.25) is 5.10 Å². The second-order valence-electron chi connectivity index (χ2n) is 6.52. The Kier molecular flexibility index (Phi) is 5.45. The number of rotatable bonds is 5. The Balaban J connectivity index is 1.82. The van der Waals surface area contributed by atoms with E-state index in [0.717, 1.165) is 30.0 Å². The van der Waals surface area contributed by atoms with Gasteiger partial charge < -0.3 is 4.74 Å². The minimum atomic E-state index is 0.151. The molecule has 0 aliphatic heterocycles. The van der Waals surface area contributed by atoms with Gasteiger partial charge in [0.05, 0.1) is 12.3 Å². The average Bonchev–Trinajstić information content (AvgIpc) is 2.94. The summed E-state index contributed by atoms with van der Waals surface area (Å²) in [5.74, 6) is 2.24. The molecular formula is C18H24N4OS. The van der Waals surface area contributed by atoms with Crippen LogP contribution in [0.4, 0.5) is 0 Å². The summed E-state index contributed by atoms with van der Waals surface area (Å²) >= 11 is 5.35. The number of nitrogens with zero attached hydrogens (tertiary/aromatic N) is 3. The fraction of sp³-hybridized carbons (Fsp3) is 0.500. The Bertz CT molecular complexity index is 756. The third-order valence-corrected chi connectivity index (χ3v) is 4.46. The van der Waals surface area contributed by atoms with Crippen LogP contribution >= 0.6 is 12.2 Å². The van der Waals surface area contributed by atoms with Crippen molar-refractivity contribution in [1.29, 1.82) is 0 Å². The van der Waals surface area contributed by atoms with Gasteiger partial charge in [0.25, 0.3) is 0 Å². The molecule has 0 spiro atoms. The fourth-order valence-electron chi connectivity index (χ4n) is 3.11. The highest BCUT2D eigenvalue weighted by Gasteiger charge is 2.21. The Morgan fingerprint density at radius 1 is 1.33 bits per heavy atom. The Hall–Kier alpha value is -1.95. The van der Waals surface area contributed by atoms with Crippen LogP contribution in [0.5, 0.6) is 5.75 Å². The van der Waals surface area contributed by atoms with Crippen LogP contribution in [0.25, 0.3) is 0 Å². The zero-order chi connectivity index (χ0) is 16.9. The lowest BCUT2D eigenvalue weighted by Crippen LogP contribution is -2.10. The van der Waals surface area contributed by atoms with Gasteiger partial charge in [-0.25, -0.2) is 0 Å². The molecule has 3 rings (SSSR count). The fourth-order valence-corrected chi connectivity index (χ4v) is 3.29. The van der Waals surface area contributed by atoms with Crippen molar-refractivity contribution in [3.8, 4) is 5.75 Å². The van der Waals surface area contributed by atoms with E-state index in [1.54, 1.807) is 4.68 Å². The molecule has 1 aliphatic rings. The first-order chi connectivity index (χ1) is 11.6. The van der Waals surface area contributed by atoms with Gasteiger partial charge in [-0.05, 0) is 56.6 Å². The molecule has 1 aliphatic carbocycles. The zero-order valence-electron chi connectivity index (χ0n) is 14.2. The van der Waals surface area contributed by atoms with E-state index >= 15 is 0 Å². The summed E-state index contributed by atoms with van der Waals surface area (Å²) in [4.78, 5) is 0. The molecule has 0 radical (unpaired) electrons. The number of nitrogens with one attached hydrogen (secondary N) is 1. The molecule has 1 N–H and O–H groups in total. The van der Waals surface area contributed by atoms with E-state index in [9.17, 15) is 0 Å². The molecule has 0 amide bonds. The van der Waals surface area contributed by atoms with E-state index in [2.05, 4.69) is 15.3 Å². The molecule has 2 aromatic rings.